The zero-order valence-corrected chi connectivity index (χ0v) is 12.6. The predicted molar refractivity (Wildman–Crippen MR) is 77.6 cm³/mol. The lowest BCUT2D eigenvalue weighted by Gasteiger charge is -2.34. The third-order valence-corrected chi connectivity index (χ3v) is 3.77. The maximum atomic E-state index is 11.9. The third kappa shape index (κ3) is 5.00. The molecule has 1 aliphatic carbocycles. The number of nitrogens with one attached hydrogen (secondary N) is 2. The summed E-state index contributed by atoms with van der Waals surface area (Å²) in [4.78, 5) is 38.9. The molecule has 2 aliphatic rings. The molecule has 0 bridgehead atoms. The van der Waals surface area contributed by atoms with Crippen molar-refractivity contribution in [2.45, 2.75) is 26.2 Å². The van der Waals surface area contributed by atoms with Crippen LogP contribution in [-0.4, -0.2) is 66.9 Å². The fourth-order valence-corrected chi connectivity index (χ4v) is 2.37. The van der Waals surface area contributed by atoms with E-state index in [0.29, 0.717) is 32.7 Å². The molecule has 7 heteroatoms. The zero-order valence-electron chi connectivity index (χ0n) is 12.6. The van der Waals surface area contributed by atoms with Gasteiger partial charge in [-0.05, 0) is 19.3 Å². The molecule has 0 aromatic carbocycles. The first kappa shape index (κ1) is 15.8. The normalized spacial score (nSPS) is 19.2. The summed E-state index contributed by atoms with van der Waals surface area (Å²) in [7, 11) is 0. The van der Waals surface area contributed by atoms with Gasteiger partial charge in [0.2, 0.25) is 11.8 Å². The van der Waals surface area contributed by atoms with Crippen LogP contribution in [-0.2, 0) is 9.59 Å². The number of imide groups is 1. The summed E-state index contributed by atoms with van der Waals surface area (Å²) in [5, 5.41) is 4.91. The Balaban J connectivity index is 1.64. The van der Waals surface area contributed by atoms with Crippen LogP contribution in [0.1, 0.15) is 26.2 Å². The Hall–Kier alpha value is -1.63. The van der Waals surface area contributed by atoms with Gasteiger partial charge in [0.25, 0.3) is 0 Å². The molecular weight excluding hydrogens is 272 g/mol. The first-order valence-corrected chi connectivity index (χ1v) is 7.69. The number of amides is 4. The van der Waals surface area contributed by atoms with Gasteiger partial charge in [-0.1, -0.05) is 6.92 Å². The fraction of sp³-hybridized carbons (Fsp3) is 0.786. The number of carbonyl (C=O) groups is 3. The number of piperazine rings is 1. The van der Waals surface area contributed by atoms with Gasteiger partial charge in [-0.25, -0.2) is 4.79 Å². The van der Waals surface area contributed by atoms with Crippen LogP contribution in [0.5, 0.6) is 0 Å². The van der Waals surface area contributed by atoms with Crippen LogP contribution in [0.3, 0.4) is 0 Å². The van der Waals surface area contributed by atoms with Crippen LogP contribution < -0.4 is 10.6 Å². The molecule has 2 N–H and O–H groups in total. The Kier molecular flexibility index (Phi) is 5.55. The number of rotatable bonds is 5. The van der Waals surface area contributed by atoms with Crippen LogP contribution in [0.2, 0.25) is 0 Å². The van der Waals surface area contributed by atoms with Crippen LogP contribution >= 0.6 is 0 Å². The molecular formula is C14H24N4O3. The summed E-state index contributed by atoms with van der Waals surface area (Å²) < 4.78 is 0. The van der Waals surface area contributed by atoms with Crippen molar-refractivity contribution in [3.8, 4) is 0 Å². The van der Waals surface area contributed by atoms with Gasteiger partial charge in [-0.15, -0.1) is 0 Å². The first-order chi connectivity index (χ1) is 10.1. The molecule has 7 nitrogen and oxygen atoms in total. The van der Waals surface area contributed by atoms with Gasteiger partial charge in [0.1, 0.15) is 0 Å². The Morgan fingerprint density at radius 1 is 1.10 bits per heavy atom. The van der Waals surface area contributed by atoms with E-state index < -0.39 is 6.03 Å². The smallest absolute Gasteiger partial charge is 0.321 e. The van der Waals surface area contributed by atoms with E-state index in [9.17, 15) is 14.4 Å². The molecule has 0 unspecified atom stereocenters. The molecule has 1 saturated heterocycles. The lowest BCUT2D eigenvalue weighted by Crippen LogP contribution is -2.52. The molecule has 2 fully saturated rings. The molecule has 0 radical (unpaired) electrons. The lowest BCUT2D eigenvalue weighted by molar-refractivity contribution is -0.134. The highest BCUT2D eigenvalue weighted by molar-refractivity contribution is 5.95. The highest BCUT2D eigenvalue weighted by Crippen LogP contribution is 2.31. The molecule has 1 aliphatic heterocycles. The summed E-state index contributed by atoms with van der Waals surface area (Å²) in [5.74, 6) is 0.214. The summed E-state index contributed by atoms with van der Waals surface area (Å²) >= 11 is 0. The van der Waals surface area contributed by atoms with Crippen molar-refractivity contribution < 1.29 is 14.4 Å². The average Bonchev–Trinajstić information content (AvgIpc) is 3.29. The first-order valence-electron chi connectivity index (χ1n) is 7.69. The summed E-state index contributed by atoms with van der Waals surface area (Å²) in [5.41, 5.74) is 0. The van der Waals surface area contributed by atoms with Crippen molar-refractivity contribution in [1.82, 2.24) is 20.4 Å². The van der Waals surface area contributed by atoms with Crippen LogP contribution in [0.4, 0.5) is 4.79 Å². The summed E-state index contributed by atoms with van der Waals surface area (Å²) in [6.45, 7) is 5.41. The van der Waals surface area contributed by atoms with Gasteiger partial charge >= 0.3 is 6.03 Å². The minimum atomic E-state index is -0.440. The van der Waals surface area contributed by atoms with E-state index in [-0.39, 0.29) is 24.3 Å². The average molecular weight is 296 g/mol. The zero-order chi connectivity index (χ0) is 15.2. The number of carbonyl (C=O) groups excluding carboxylic acids is 3. The minimum Gasteiger partial charge on any atom is -0.340 e. The van der Waals surface area contributed by atoms with Gasteiger partial charge in [0, 0.05) is 38.6 Å². The van der Waals surface area contributed by atoms with Gasteiger partial charge in [0.15, 0.2) is 0 Å². The SMILES string of the molecule is CCCNC(=O)NC(=O)CN1CCN(C(=O)C2CC2)CC1. The molecule has 0 aromatic heterocycles. The summed E-state index contributed by atoms with van der Waals surface area (Å²) in [6.07, 6.45) is 2.88. The second-order valence-electron chi connectivity index (χ2n) is 5.68. The van der Waals surface area contributed by atoms with Crippen molar-refractivity contribution >= 4 is 17.8 Å². The Morgan fingerprint density at radius 2 is 1.76 bits per heavy atom. The van der Waals surface area contributed by atoms with E-state index in [0.717, 1.165) is 19.3 Å². The van der Waals surface area contributed by atoms with E-state index >= 15 is 0 Å². The minimum absolute atomic E-state index is 0.199. The lowest BCUT2D eigenvalue weighted by atomic mass is 10.2. The van der Waals surface area contributed by atoms with Crippen molar-refractivity contribution in [2.75, 3.05) is 39.3 Å². The number of hydrogen-bond donors (Lipinski definition) is 2. The quantitative estimate of drug-likeness (QED) is 0.735. The van der Waals surface area contributed by atoms with E-state index in [2.05, 4.69) is 10.6 Å². The van der Waals surface area contributed by atoms with Crippen molar-refractivity contribution in [2.24, 2.45) is 5.92 Å². The number of urea groups is 1. The molecule has 0 aromatic rings. The van der Waals surface area contributed by atoms with E-state index in [1.165, 1.54) is 0 Å². The second kappa shape index (κ2) is 7.40. The monoisotopic (exact) mass is 296 g/mol. The van der Waals surface area contributed by atoms with E-state index in [1.807, 2.05) is 16.7 Å². The Morgan fingerprint density at radius 3 is 2.33 bits per heavy atom. The fourth-order valence-electron chi connectivity index (χ4n) is 2.37. The topological polar surface area (TPSA) is 81.8 Å². The van der Waals surface area contributed by atoms with Crippen LogP contribution in [0, 0.1) is 5.92 Å². The largest absolute Gasteiger partial charge is 0.340 e. The standard InChI is InChI=1S/C14H24N4O3/c1-2-5-15-14(21)16-12(19)10-17-6-8-18(9-7-17)13(20)11-3-4-11/h11H,2-10H2,1H3,(H2,15,16,19,21). The Labute approximate surface area is 125 Å². The van der Waals surface area contributed by atoms with Gasteiger partial charge in [-0.2, -0.15) is 0 Å². The molecule has 1 heterocycles. The van der Waals surface area contributed by atoms with Crippen molar-refractivity contribution in [3.05, 3.63) is 0 Å². The number of hydrogen-bond acceptors (Lipinski definition) is 4. The third-order valence-electron chi connectivity index (χ3n) is 3.77. The maximum absolute atomic E-state index is 11.9. The predicted octanol–water partition coefficient (Wildman–Crippen LogP) is -0.224. The van der Waals surface area contributed by atoms with Gasteiger partial charge < -0.3 is 10.2 Å². The molecule has 118 valence electrons. The van der Waals surface area contributed by atoms with Gasteiger partial charge in [-0.3, -0.25) is 19.8 Å². The van der Waals surface area contributed by atoms with E-state index in [4.69, 9.17) is 0 Å². The van der Waals surface area contributed by atoms with Crippen LogP contribution in [0.15, 0.2) is 0 Å². The molecule has 4 amide bonds. The molecule has 0 spiro atoms. The molecule has 21 heavy (non-hydrogen) atoms. The summed E-state index contributed by atoms with van der Waals surface area (Å²) in [6, 6.07) is -0.440. The van der Waals surface area contributed by atoms with Gasteiger partial charge in [0.05, 0.1) is 6.54 Å². The maximum Gasteiger partial charge on any atom is 0.321 e. The van der Waals surface area contributed by atoms with E-state index in [1.54, 1.807) is 0 Å². The molecule has 2 rings (SSSR count). The second-order valence-corrected chi connectivity index (χ2v) is 5.68. The highest BCUT2D eigenvalue weighted by atomic mass is 16.2. The van der Waals surface area contributed by atoms with Crippen molar-refractivity contribution in [3.63, 3.8) is 0 Å². The Bertz CT molecular complexity index is 401. The van der Waals surface area contributed by atoms with Crippen LogP contribution in [0.25, 0.3) is 0 Å². The molecule has 0 atom stereocenters. The van der Waals surface area contributed by atoms with Crippen molar-refractivity contribution in [1.29, 1.82) is 0 Å². The molecule has 1 saturated carbocycles. The highest BCUT2D eigenvalue weighted by Gasteiger charge is 2.34. The number of nitrogens with zero attached hydrogens (tertiary/aromatic N) is 2.